The second-order valence-electron chi connectivity index (χ2n) is 4.76. The first kappa shape index (κ1) is 14.1. The van der Waals surface area contributed by atoms with Gasteiger partial charge in [0.15, 0.2) is 0 Å². The van der Waals surface area contributed by atoms with Crippen LogP contribution in [-0.4, -0.2) is 11.5 Å². The zero-order valence-corrected chi connectivity index (χ0v) is 13.2. The van der Waals surface area contributed by atoms with Crippen LogP contribution in [-0.2, 0) is 6.54 Å². The highest BCUT2D eigenvalue weighted by Crippen LogP contribution is 2.26. The Kier molecular flexibility index (Phi) is 4.59. The lowest BCUT2D eigenvalue weighted by molar-refractivity contribution is 0.806. The van der Waals surface area contributed by atoms with E-state index < -0.39 is 0 Å². The SMILES string of the molecule is CCN(Cc1ccccc1C)c1ncc(C)cc1Br. The molecule has 0 saturated heterocycles. The summed E-state index contributed by atoms with van der Waals surface area (Å²) in [5, 5.41) is 0. The van der Waals surface area contributed by atoms with E-state index >= 15 is 0 Å². The van der Waals surface area contributed by atoms with Crippen LogP contribution in [0, 0.1) is 13.8 Å². The van der Waals surface area contributed by atoms with Crippen LogP contribution in [0.3, 0.4) is 0 Å². The van der Waals surface area contributed by atoms with Gasteiger partial charge in [0.25, 0.3) is 0 Å². The average Bonchev–Trinajstić information content (AvgIpc) is 2.39. The molecular formula is C16H19BrN2. The van der Waals surface area contributed by atoms with E-state index in [-0.39, 0.29) is 0 Å². The van der Waals surface area contributed by atoms with Crippen molar-refractivity contribution in [3.63, 3.8) is 0 Å². The van der Waals surface area contributed by atoms with Gasteiger partial charge >= 0.3 is 0 Å². The molecule has 0 N–H and O–H groups in total. The van der Waals surface area contributed by atoms with Gasteiger partial charge in [0, 0.05) is 19.3 Å². The third kappa shape index (κ3) is 3.35. The molecule has 0 atom stereocenters. The molecule has 2 rings (SSSR count). The predicted octanol–water partition coefficient (Wildman–Crippen LogP) is 4.49. The molecule has 0 radical (unpaired) electrons. The summed E-state index contributed by atoms with van der Waals surface area (Å²) in [6.07, 6.45) is 1.92. The monoisotopic (exact) mass is 318 g/mol. The van der Waals surface area contributed by atoms with Crippen molar-refractivity contribution in [2.24, 2.45) is 0 Å². The van der Waals surface area contributed by atoms with Crippen LogP contribution in [0.15, 0.2) is 41.0 Å². The topological polar surface area (TPSA) is 16.1 Å². The normalized spacial score (nSPS) is 10.5. The zero-order chi connectivity index (χ0) is 13.8. The lowest BCUT2D eigenvalue weighted by Crippen LogP contribution is -2.24. The Labute approximate surface area is 123 Å². The molecule has 2 aromatic rings. The van der Waals surface area contributed by atoms with E-state index in [0.29, 0.717) is 0 Å². The van der Waals surface area contributed by atoms with Gasteiger partial charge < -0.3 is 4.90 Å². The van der Waals surface area contributed by atoms with Crippen LogP contribution in [0.25, 0.3) is 0 Å². The Balaban J connectivity index is 2.28. The van der Waals surface area contributed by atoms with E-state index in [0.717, 1.165) is 23.4 Å². The van der Waals surface area contributed by atoms with Crippen LogP contribution >= 0.6 is 15.9 Å². The van der Waals surface area contributed by atoms with Crippen LogP contribution in [0.5, 0.6) is 0 Å². The molecule has 100 valence electrons. The first-order valence-electron chi connectivity index (χ1n) is 6.53. The van der Waals surface area contributed by atoms with Crippen molar-refractivity contribution in [2.45, 2.75) is 27.3 Å². The standard InChI is InChI=1S/C16H19BrN2/c1-4-19(11-14-8-6-5-7-13(14)3)16-15(17)9-12(2)10-18-16/h5-10H,4,11H2,1-3H3. The zero-order valence-electron chi connectivity index (χ0n) is 11.7. The van der Waals surface area contributed by atoms with E-state index in [9.17, 15) is 0 Å². The molecule has 0 unspecified atom stereocenters. The number of halogens is 1. The van der Waals surface area contributed by atoms with Crippen molar-refractivity contribution in [3.8, 4) is 0 Å². The molecule has 0 amide bonds. The molecule has 0 saturated carbocycles. The maximum absolute atomic E-state index is 4.55. The Morgan fingerprint density at radius 3 is 2.58 bits per heavy atom. The number of aromatic nitrogens is 1. The molecule has 0 bridgehead atoms. The van der Waals surface area contributed by atoms with Gasteiger partial charge in [-0.2, -0.15) is 0 Å². The van der Waals surface area contributed by atoms with Gasteiger partial charge in [-0.25, -0.2) is 4.98 Å². The fourth-order valence-corrected chi connectivity index (χ4v) is 2.80. The largest absolute Gasteiger partial charge is 0.352 e. The third-order valence-electron chi connectivity index (χ3n) is 3.26. The predicted molar refractivity (Wildman–Crippen MR) is 84.6 cm³/mol. The van der Waals surface area contributed by atoms with Gasteiger partial charge in [-0.3, -0.25) is 0 Å². The summed E-state index contributed by atoms with van der Waals surface area (Å²) in [6.45, 7) is 8.19. The maximum atomic E-state index is 4.55. The Bertz CT molecular complexity index is 566. The van der Waals surface area contributed by atoms with Crippen LogP contribution in [0.4, 0.5) is 5.82 Å². The summed E-state index contributed by atoms with van der Waals surface area (Å²) in [4.78, 5) is 6.84. The second kappa shape index (κ2) is 6.20. The first-order chi connectivity index (χ1) is 9.11. The Hall–Kier alpha value is -1.35. The molecule has 0 aliphatic rings. The summed E-state index contributed by atoms with van der Waals surface area (Å²) in [6, 6.07) is 10.6. The smallest absolute Gasteiger partial charge is 0.143 e. The number of hydrogen-bond acceptors (Lipinski definition) is 2. The summed E-state index contributed by atoms with van der Waals surface area (Å²) >= 11 is 3.62. The van der Waals surface area contributed by atoms with E-state index in [2.05, 4.69) is 76.9 Å². The summed E-state index contributed by atoms with van der Waals surface area (Å²) in [5.74, 6) is 1.01. The summed E-state index contributed by atoms with van der Waals surface area (Å²) in [7, 11) is 0. The number of aryl methyl sites for hydroxylation is 2. The van der Waals surface area contributed by atoms with Gasteiger partial charge in [0.05, 0.1) is 4.47 Å². The van der Waals surface area contributed by atoms with Gasteiger partial charge in [-0.1, -0.05) is 24.3 Å². The molecule has 1 aromatic heterocycles. The molecule has 1 heterocycles. The van der Waals surface area contributed by atoms with Crippen molar-refractivity contribution in [1.82, 2.24) is 4.98 Å². The quantitative estimate of drug-likeness (QED) is 0.825. The van der Waals surface area contributed by atoms with Crippen LogP contribution in [0.2, 0.25) is 0 Å². The van der Waals surface area contributed by atoms with E-state index in [1.165, 1.54) is 16.7 Å². The van der Waals surface area contributed by atoms with Crippen LogP contribution < -0.4 is 4.90 Å². The Morgan fingerprint density at radius 2 is 1.95 bits per heavy atom. The third-order valence-corrected chi connectivity index (χ3v) is 3.85. The average molecular weight is 319 g/mol. The number of rotatable bonds is 4. The lowest BCUT2D eigenvalue weighted by atomic mass is 10.1. The van der Waals surface area contributed by atoms with E-state index in [4.69, 9.17) is 0 Å². The highest BCUT2D eigenvalue weighted by atomic mass is 79.9. The van der Waals surface area contributed by atoms with Crippen molar-refractivity contribution >= 4 is 21.7 Å². The van der Waals surface area contributed by atoms with Gasteiger partial charge in [0.2, 0.25) is 0 Å². The minimum Gasteiger partial charge on any atom is -0.352 e. The molecule has 0 spiro atoms. The number of nitrogens with zero attached hydrogens (tertiary/aromatic N) is 2. The molecule has 3 heteroatoms. The number of benzene rings is 1. The molecule has 2 nitrogen and oxygen atoms in total. The van der Waals surface area contributed by atoms with E-state index in [1.54, 1.807) is 0 Å². The molecular weight excluding hydrogens is 300 g/mol. The van der Waals surface area contributed by atoms with Crippen molar-refractivity contribution in [1.29, 1.82) is 0 Å². The first-order valence-corrected chi connectivity index (χ1v) is 7.32. The Morgan fingerprint density at radius 1 is 1.21 bits per heavy atom. The molecule has 1 aromatic carbocycles. The minimum absolute atomic E-state index is 0.887. The molecule has 19 heavy (non-hydrogen) atoms. The molecule has 0 fully saturated rings. The van der Waals surface area contributed by atoms with Crippen molar-refractivity contribution in [2.75, 3.05) is 11.4 Å². The summed E-state index contributed by atoms with van der Waals surface area (Å²) < 4.78 is 1.06. The minimum atomic E-state index is 0.887. The fraction of sp³-hybridized carbons (Fsp3) is 0.312. The van der Waals surface area contributed by atoms with E-state index in [1.807, 2.05) is 6.20 Å². The molecule has 0 aliphatic heterocycles. The van der Waals surface area contributed by atoms with Gasteiger partial charge in [0.1, 0.15) is 5.82 Å². The van der Waals surface area contributed by atoms with Gasteiger partial charge in [-0.05, 0) is 59.5 Å². The number of hydrogen-bond donors (Lipinski definition) is 0. The highest BCUT2D eigenvalue weighted by molar-refractivity contribution is 9.10. The number of anilines is 1. The second-order valence-corrected chi connectivity index (χ2v) is 5.61. The number of pyridine rings is 1. The van der Waals surface area contributed by atoms with Crippen molar-refractivity contribution in [3.05, 3.63) is 57.7 Å². The van der Waals surface area contributed by atoms with Gasteiger partial charge in [-0.15, -0.1) is 0 Å². The lowest BCUT2D eigenvalue weighted by Gasteiger charge is -2.24. The summed E-state index contributed by atoms with van der Waals surface area (Å²) in [5.41, 5.74) is 3.84. The fourth-order valence-electron chi connectivity index (χ4n) is 2.09. The van der Waals surface area contributed by atoms with Crippen LogP contribution in [0.1, 0.15) is 23.6 Å². The maximum Gasteiger partial charge on any atom is 0.143 e. The highest BCUT2D eigenvalue weighted by Gasteiger charge is 2.11. The van der Waals surface area contributed by atoms with Crippen molar-refractivity contribution < 1.29 is 0 Å². The molecule has 0 aliphatic carbocycles.